The van der Waals surface area contributed by atoms with E-state index in [4.69, 9.17) is 10.4 Å². The first-order valence-electron chi connectivity index (χ1n) is 6.65. The minimum Gasteiger partial charge on any atom is -0.409 e. The molecule has 1 unspecified atom stereocenters. The van der Waals surface area contributed by atoms with Crippen molar-refractivity contribution < 1.29 is 14.2 Å². The number of nitrogens with zero attached hydrogens (tertiary/aromatic N) is 3. The Labute approximate surface area is 129 Å². The molecule has 1 aromatic heterocycles. The van der Waals surface area contributed by atoms with Crippen molar-refractivity contribution in [1.29, 1.82) is 0 Å². The van der Waals surface area contributed by atoms with Gasteiger partial charge < -0.3 is 16.3 Å². The van der Waals surface area contributed by atoms with Crippen molar-refractivity contribution in [3.8, 4) is 0 Å². The summed E-state index contributed by atoms with van der Waals surface area (Å²) >= 11 is 1.35. The number of hydrogen-bond donors (Lipinski definition) is 3. The van der Waals surface area contributed by atoms with E-state index in [0.717, 1.165) is 11.1 Å². The van der Waals surface area contributed by atoms with Gasteiger partial charge in [0, 0.05) is 12.3 Å². The van der Waals surface area contributed by atoms with Gasteiger partial charge in [0.05, 0.1) is 6.04 Å². The van der Waals surface area contributed by atoms with Crippen LogP contribution in [0.1, 0.15) is 22.9 Å². The predicted molar refractivity (Wildman–Crippen MR) is 78.4 cm³/mol. The number of halogens is 1. The van der Waals surface area contributed by atoms with Crippen molar-refractivity contribution in [3.05, 3.63) is 40.8 Å². The number of hydrogen-bond acceptors (Lipinski definition) is 7. The third kappa shape index (κ3) is 2.77. The van der Waals surface area contributed by atoms with Crippen molar-refractivity contribution in [2.45, 2.75) is 17.5 Å². The lowest BCUT2D eigenvalue weighted by molar-refractivity contribution is 0.296. The maximum Gasteiger partial charge on any atom is 0.198 e. The molecule has 0 radical (unpaired) electrons. The first kappa shape index (κ1) is 14.8. The summed E-state index contributed by atoms with van der Waals surface area (Å²) in [5, 5.41) is 23.5. The molecule has 0 aliphatic heterocycles. The molecule has 22 heavy (non-hydrogen) atoms. The summed E-state index contributed by atoms with van der Waals surface area (Å²) in [7, 11) is 0. The average Bonchev–Trinajstić information content (AvgIpc) is 2.97. The number of rotatable bonds is 5. The standard InChI is InChI=1S/C13H14FN5O2S/c14-8-2-1-7-5-10(9(7)6-8)16-12(17-20)11-13(19-21-18-11)22-4-3-15/h1-2,6,10,20H,3-5,15H2,(H,16,17). The van der Waals surface area contributed by atoms with E-state index in [2.05, 4.69) is 20.8 Å². The highest BCUT2D eigenvalue weighted by Gasteiger charge is 2.29. The molecular weight excluding hydrogens is 309 g/mol. The molecule has 3 rings (SSSR count). The fourth-order valence-electron chi connectivity index (χ4n) is 2.29. The van der Waals surface area contributed by atoms with Crippen LogP contribution >= 0.6 is 11.8 Å². The van der Waals surface area contributed by atoms with E-state index in [-0.39, 0.29) is 17.7 Å². The van der Waals surface area contributed by atoms with Crippen molar-refractivity contribution in [1.82, 2.24) is 15.6 Å². The van der Waals surface area contributed by atoms with E-state index < -0.39 is 0 Å². The molecule has 0 bridgehead atoms. The van der Waals surface area contributed by atoms with Crippen LogP contribution in [0.15, 0.2) is 33.0 Å². The average molecular weight is 323 g/mol. The smallest absolute Gasteiger partial charge is 0.198 e. The van der Waals surface area contributed by atoms with Crippen LogP contribution in [-0.4, -0.2) is 33.7 Å². The summed E-state index contributed by atoms with van der Waals surface area (Å²) in [4.78, 5) is 0. The minimum absolute atomic E-state index is 0.138. The molecule has 1 aromatic carbocycles. The van der Waals surface area contributed by atoms with Gasteiger partial charge in [0.2, 0.25) is 0 Å². The molecule has 1 atom stereocenters. The normalized spacial score (nSPS) is 17.0. The van der Waals surface area contributed by atoms with Crippen LogP contribution in [0.5, 0.6) is 0 Å². The number of benzene rings is 1. The summed E-state index contributed by atoms with van der Waals surface area (Å²) in [6.07, 6.45) is 0.713. The molecule has 0 saturated carbocycles. The van der Waals surface area contributed by atoms with Gasteiger partial charge in [-0.15, -0.1) is 0 Å². The first-order chi connectivity index (χ1) is 10.7. The van der Waals surface area contributed by atoms with Gasteiger partial charge in [0.1, 0.15) is 5.82 Å². The highest BCUT2D eigenvalue weighted by Crippen LogP contribution is 2.34. The maximum atomic E-state index is 13.3. The maximum absolute atomic E-state index is 13.3. The molecule has 7 nitrogen and oxygen atoms in total. The summed E-state index contributed by atoms with van der Waals surface area (Å²) < 4.78 is 18.0. The largest absolute Gasteiger partial charge is 0.409 e. The van der Waals surface area contributed by atoms with Crippen LogP contribution in [0, 0.1) is 5.82 Å². The number of fused-ring (bicyclic) bond motifs is 1. The Hall–Kier alpha value is -2.13. The Morgan fingerprint density at radius 2 is 2.41 bits per heavy atom. The summed E-state index contributed by atoms with van der Waals surface area (Å²) in [6.45, 7) is 0.477. The lowest BCUT2D eigenvalue weighted by Crippen LogP contribution is -2.36. The predicted octanol–water partition coefficient (Wildman–Crippen LogP) is 1.28. The number of aromatic nitrogens is 2. The minimum atomic E-state index is -0.296. The quantitative estimate of drug-likeness (QED) is 0.250. The van der Waals surface area contributed by atoms with Crippen LogP contribution < -0.4 is 11.1 Å². The Balaban J connectivity index is 1.76. The molecule has 116 valence electrons. The Morgan fingerprint density at radius 1 is 1.55 bits per heavy atom. The zero-order valence-corrected chi connectivity index (χ0v) is 12.3. The van der Waals surface area contributed by atoms with E-state index in [1.165, 1.54) is 23.9 Å². The summed E-state index contributed by atoms with van der Waals surface area (Å²) in [6, 6.07) is 4.51. The van der Waals surface area contributed by atoms with Gasteiger partial charge in [-0.3, -0.25) is 0 Å². The molecule has 1 aliphatic carbocycles. The number of amidine groups is 1. The fraction of sp³-hybridized carbons (Fsp3) is 0.308. The summed E-state index contributed by atoms with van der Waals surface area (Å²) in [5.41, 5.74) is 7.67. The van der Waals surface area contributed by atoms with Gasteiger partial charge in [0.15, 0.2) is 16.6 Å². The zero-order chi connectivity index (χ0) is 15.5. The molecule has 2 aromatic rings. The molecular formula is C13H14FN5O2S. The Morgan fingerprint density at radius 3 is 3.18 bits per heavy atom. The van der Waals surface area contributed by atoms with Crippen molar-refractivity contribution >= 4 is 17.6 Å². The zero-order valence-electron chi connectivity index (χ0n) is 11.5. The molecule has 0 spiro atoms. The number of thioether (sulfide) groups is 1. The van der Waals surface area contributed by atoms with E-state index in [1.807, 2.05) is 0 Å². The van der Waals surface area contributed by atoms with Crippen molar-refractivity contribution in [2.75, 3.05) is 12.3 Å². The van der Waals surface area contributed by atoms with Crippen LogP contribution in [0.3, 0.4) is 0 Å². The van der Waals surface area contributed by atoms with Crippen molar-refractivity contribution in [2.24, 2.45) is 10.9 Å². The van der Waals surface area contributed by atoms with Crippen molar-refractivity contribution in [3.63, 3.8) is 0 Å². The third-order valence-corrected chi connectivity index (χ3v) is 4.34. The molecule has 4 N–H and O–H groups in total. The monoisotopic (exact) mass is 323 g/mol. The highest BCUT2D eigenvalue weighted by molar-refractivity contribution is 7.99. The molecule has 0 saturated heterocycles. The van der Waals surface area contributed by atoms with Gasteiger partial charge in [0.25, 0.3) is 0 Å². The highest BCUT2D eigenvalue weighted by atomic mass is 32.2. The van der Waals surface area contributed by atoms with Gasteiger partial charge in [-0.25, -0.2) is 9.02 Å². The van der Waals surface area contributed by atoms with Gasteiger partial charge in [-0.1, -0.05) is 23.0 Å². The second kappa shape index (κ2) is 6.32. The topological polar surface area (TPSA) is 110 Å². The fourth-order valence-corrected chi connectivity index (χ4v) is 2.96. The van der Waals surface area contributed by atoms with E-state index in [1.54, 1.807) is 6.07 Å². The van der Waals surface area contributed by atoms with Gasteiger partial charge in [-0.2, -0.15) is 0 Å². The van der Waals surface area contributed by atoms with Gasteiger partial charge in [-0.05, 0) is 40.0 Å². The van der Waals surface area contributed by atoms with E-state index in [0.29, 0.717) is 29.4 Å². The molecule has 1 aliphatic rings. The number of oxime groups is 1. The molecule has 9 heteroatoms. The second-order valence-corrected chi connectivity index (χ2v) is 5.83. The molecule has 0 amide bonds. The molecule has 0 fully saturated rings. The van der Waals surface area contributed by atoms with Gasteiger partial charge >= 0.3 is 0 Å². The SMILES string of the molecule is NCCSc1nonc1/C(=N/O)NC1Cc2ccc(F)cc21. The second-order valence-electron chi connectivity index (χ2n) is 4.75. The van der Waals surface area contributed by atoms with E-state index in [9.17, 15) is 9.60 Å². The lowest BCUT2D eigenvalue weighted by atomic mass is 9.83. The number of nitrogens with one attached hydrogen (secondary N) is 1. The van der Waals surface area contributed by atoms with Crippen LogP contribution in [0.25, 0.3) is 0 Å². The number of nitrogens with two attached hydrogens (primary N) is 1. The van der Waals surface area contributed by atoms with Crippen LogP contribution in [0.4, 0.5) is 4.39 Å². The lowest BCUT2D eigenvalue weighted by Gasteiger charge is -2.31. The Kier molecular flexibility index (Phi) is 4.25. The van der Waals surface area contributed by atoms with E-state index >= 15 is 0 Å². The first-order valence-corrected chi connectivity index (χ1v) is 7.64. The van der Waals surface area contributed by atoms with Crippen LogP contribution in [0.2, 0.25) is 0 Å². The summed E-state index contributed by atoms with van der Waals surface area (Å²) in [5.74, 6) is 0.480. The van der Waals surface area contributed by atoms with Crippen LogP contribution in [-0.2, 0) is 6.42 Å². The third-order valence-electron chi connectivity index (χ3n) is 3.36. The Bertz CT molecular complexity index is 705. The molecule has 1 heterocycles.